The van der Waals surface area contributed by atoms with Gasteiger partial charge in [0.25, 0.3) is 0 Å². The van der Waals surface area contributed by atoms with Gasteiger partial charge in [-0.2, -0.15) is 13.2 Å². The number of sulfonamides is 1. The van der Waals surface area contributed by atoms with Crippen molar-refractivity contribution in [2.75, 3.05) is 26.2 Å². The highest BCUT2D eigenvalue weighted by Gasteiger charge is 2.38. The molecule has 1 aromatic rings. The molecule has 0 aromatic heterocycles. The van der Waals surface area contributed by atoms with E-state index in [0.29, 0.717) is 38.6 Å². The van der Waals surface area contributed by atoms with Crippen LogP contribution in [0.15, 0.2) is 24.3 Å². The molecule has 258 valence electrons. The van der Waals surface area contributed by atoms with Crippen molar-refractivity contribution in [2.45, 2.75) is 75.7 Å². The number of guanidine groups is 1. The molecule has 0 saturated carbocycles. The summed E-state index contributed by atoms with van der Waals surface area (Å²) in [6.45, 7) is 2.45. The number of aliphatic carboxylic acids is 1. The second-order valence-electron chi connectivity index (χ2n) is 10.6. The number of hydrogen-bond donors (Lipinski definition) is 6. The number of carbonyl (C=O) groups excluding carboxylic acids is 3. The number of hydrogen-bond acceptors (Lipinski definition) is 9. The lowest BCUT2D eigenvalue weighted by Gasteiger charge is -2.38. The SMILES string of the molecule is CCCOC(=O)c1ccccc1CS(=O)(=O)N[C@H]1CCCCN(CC(=O)N[C@H]2CCCN(C(=N)N)C2O)C1=O.O=C(O)C(F)(F)F. The number of nitrogens with zero attached hydrogens (tertiary/aromatic N) is 2. The zero-order chi connectivity index (χ0) is 34.7. The molecule has 0 radical (unpaired) electrons. The van der Waals surface area contributed by atoms with E-state index >= 15 is 0 Å². The molecule has 2 aliphatic rings. The van der Waals surface area contributed by atoms with Gasteiger partial charge in [-0.3, -0.25) is 15.0 Å². The highest BCUT2D eigenvalue weighted by molar-refractivity contribution is 7.88. The smallest absolute Gasteiger partial charge is 0.475 e. The van der Waals surface area contributed by atoms with Gasteiger partial charge in [-0.05, 0) is 50.2 Å². The molecular formula is C27H39F3N6O9S. The van der Waals surface area contributed by atoms with Crippen molar-refractivity contribution in [3.8, 4) is 0 Å². The van der Waals surface area contributed by atoms with Crippen LogP contribution in [0.1, 0.15) is 61.4 Å². The number of amides is 2. The van der Waals surface area contributed by atoms with E-state index in [1.165, 1.54) is 21.9 Å². The van der Waals surface area contributed by atoms with Crippen LogP contribution in [-0.2, 0) is 34.9 Å². The predicted molar refractivity (Wildman–Crippen MR) is 156 cm³/mol. The summed E-state index contributed by atoms with van der Waals surface area (Å²) in [4.78, 5) is 49.9. The van der Waals surface area contributed by atoms with E-state index in [1.807, 2.05) is 6.92 Å². The van der Waals surface area contributed by atoms with Gasteiger partial charge in [-0.1, -0.05) is 25.1 Å². The van der Waals surface area contributed by atoms with Crippen molar-refractivity contribution in [1.29, 1.82) is 5.41 Å². The fraction of sp³-hybridized carbons (Fsp3) is 0.593. The number of halogens is 3. The molecule has 3 atom stereocenters. The second-order valence-corrected chi connectivity index (χ2v) is 12.3. The van der Waals surface area contributed by atoms with E-state index < -0.39 is 64.0 Å². The molecule has 46 heavy (non-hydrogen) atoms. The van der Waals surface area contributed by atoms with E-state index in [-0.39, 0.29) is 43.2 Å². The van der Waals surface area contributed by atoms with Crippen LogP contribution < -0.4 is 15.8 Å². The maximum absolute atomic E-state index is 13.2. The zero-order valence-corrected chi connectivity index (χ0v) is 25.9. The fourth-order valence-corrected chi connectivity index (χ4v) is 6.16. The number of piperidine rings is 1. The Morgan fingerprint density at radius 3 is 2.39 bits per heavy atom. The number of nitrogens with two attached hydrogens (primary N) is 1. The number of esters is 1. The number of carboxylic acid groups (broad SMARTS) is 1. The Labute approximate surface area is 263 Å². The number of benzene rings is 1. The van der Waals surface area contributed by atoms with E-state index in [2.05, 4.69) is 10.0 Å². The normalized spacial score (nSPS) is 20.5. The van der Waals surface area contributed by atoms with Crippen molar-refractivity contribution in [3.05, 3.63) is 35.4 Å². The minimum atomic E-state index is -5.08. The van der Waals surface area contributed by atoms with E-state index in [4.69, 9.17) is 25.8 Å². The molecule has 2 heterocycles. The van der Waals surface area contributed by atoms with E-state index in [1.54, 1.807) is 12.1 Å². The standard InChI is InChI=1S/C25H38N6O7S.C2HF3O2/c1-2-14-38-24(35)18-9-4-3-8-17(18)16-39(36,37)29-20-10-5-6-12-30(22(20)33)15-21(32)28-19-11-7-13-31(23(19)34)25(26)27;3-2(4,5)1(6)7/h3-4,8-9,19-20,23,29,34H,2,5-7,10-16H2,1H3,(H3,26,27)(H,28,32);(H,6,7)/t19-,20-,23?;/m0./s1. The first-order valence-corrected chi connectivity index (χ1v) is 16.0. The molecule has 2 saturated heterocycles. The fourth-order valence-electron chi connectivity index (χ4n) is 4.77. The molecule has 19 heteroatoms. The molecule has 0 aliphatic carbocycles. The summed E-state index contributed by atoms with van der Waals surface area (Å²) in [5.41, 5.74) is 5.90. The molecule has 3 rings (SSSR count). The van der Waals surface area contributed by atoms with Gasteiger partial charge in [0, 0.05) is 13.1 Å². The summed E-state index contributed by atoms with van der Waals surface area (Å²) >= 11 is 0. The third-order valence-electron chi connectivity index (χ3n) is 6.95. The maximum atomic E-state index is 13.2. The molecule has 2 fully saturated rings. The highest BCUT2D eigenvalue weighted by Crippen LogP contribution is 2.19. The summed E-state index contributed by atoms with van der Waals surface area (Å²) in [6.07, 6.45) is -3.06. The lowest BCUT2D eigenvalue weighted by molar-refractivity contribution is -0.192. The Balaban J connectivity index is 0.000000942. The average molecular weight is 681 g/mol. The average Bonchev–Trinajstić information content (AvgIpc) is 3.12. The molecule has 2 amide bonds. The molecule has 1 aromatic carbocycles. The molecule has 1 unspecified atom stereocenters. The third kappa shape index (κ3) is 11.8. The number of aliphatic hydroxyl groups excluding tert-OH is 1. The van der Waals surface area contributed by atoms with Crippen molar-refractivity contribution in [1.82, 2.24) is 19.8 Å². The van der Waals surface area contributed by atoms with Gasteiger partial charge in [-0.15, -0.1) is 0 Å². The van der Waals surface area contributed by atoms with E-state index in [0.717, 1.165) is 0 Å². The summed E-state index contributed by atoms with van der Waals surface area (Å²) in [5, 5.41) is 27.8. The van der Waals surface area contributed by atoms with Gasteiger partial charge < -0.3 is 35.8 Å². The van der Waals surface area contributed by atoms with Crippen LogP contribution in [0.2, 0.25) is 0 Å². The monoisotopic (exact) mass is 680 g/mol. The molecule has 2 aliphatic heterocycles. The Hall–Kier alpha value is -3.97. The third-order valence-corrected chi connectivity index (χ3v) is 8.28. The summed E-state index contributed by atoms with van der Waals surface area (Å²) in [6, 6.07) is 4.55. The number of aliphatic hydroxyl groups is 1. The van der Waals surface area contributed by atoms with Crippen molar-refractivity contribution < 1.29 is 55.7 Å². The number of alkyl halides is 3. The van der Waals surface area contributed by atoms with Crippen LogP contribution in [-0.4, -0.2) is 109 Å². The largest absolute Gasteiger partial charge is 0.490 e. The molecule has 15 nitrogen and oxygen atoms in total. The van der Waals surface area contributed by atoms with Gasteiger partial charge in [-0.25, -0.2) is 22.7 Å². The van der Waals surface area contributed by atoms with Gasteiger partial charge in [0.1, 0.15) is 12.3 Å². The molecule has 0 spiro atoms. The van der Waals surface area contributed by atoms with Crippen LogP contribution in [0.25, 0.3) is 0 Å². The number of ether oxygens (including phenoxy) is 1. The Morgan fingerprint density at radius 2 is 1.78 bits per heavy atom. The Kier molecular flexibility index (Phi) is 14.2. The lowest BCUT2D eigenvalue weighted by atomic mass is 10.0. The summed E-state index contributed by atoms with van der Waals surface area (Å²) in [5.74, 6) is -5.19. The number of carbonyl (C=O) groups is 4. The first kappa shape index (κ1) is 38.2. The second kappa shape index (κ2) is 17.1. The molecular weight excluding hydrogens is 641 g/mol. The van der Waals surface area contributed by atoms with Crippen LogP contribution in [0, 0.1) is 5.41 Å². The number of nitrogens with one attached hydrogen (secondary N) is 3. The van der Waals surface area contributed by atoms with Crippen molar-refractivity contribution >= 4 is 39.7 Å². The first-order chi connectivity index (χ1) is 21.5. The van der Waals surface area contributed by atoms with Crippen molar-refractivity contribution in [2.24, 2.45) is 5.73 Å². The van der Waals surface area contributed by atoms with Crippen LogP contribution >= 0.6 is 0 Å². The first-order valence-electron chi connectivity index (χ1n) is 14.4. The highest BCUT2D eigenvalue weighted by atomic mass is 32.2. The van der Waals surface area contributed by atoms with Crippen LogP contribution in [0.4, 0.5) is 13.2 Å². The minimum Gasteiger partial charge on any atom is -0.475 e. The Morgan fingerprint density at radius 1 is 1.13 bits per heavy atom. The van der Waals surface area contributed by atoms with Gasteiger partial charge in [0.2, 0.25) is 21.8 Å². The number of likely N-dealkylation sites (tertiary alicyclic amines) is 2. The van der Waals surface area contributed by atoms with Crippen molar-refractivity contribution in [3.63, 3.8) is 0 Å². The van der Waals surface area contributed by atoms with Gasteiger partial charge in [0.05, 0.1) is 30.5 Å². The van der Waals surface area contributed by atoms with Gasteiger partial charge >= 0.3 is 18.1 Å². The lowest BCUT2D eigenvalue weighted by Crippen LogP contribution is -2.59. The predicted octanol–water partition coefficient (Wildman–Crippen LogP) is 0.480. The van der Waals surface area contributed by atoms with E-state index in [9.17, 15) is 41.1 Å². The Bertz CT molecular complexity index is 1360. The minimum absolute atomic E-state index is 0.148. The number of rotatable bonds is 10. The molecule has 7 N–H and O–H groups in total. The number of carboxylic acids is 1. The van der Waals surface area contributed by atoms with Gasteiger partial charge in [0.15, 0.2) is 5.96 Å². The molecule has 0 bridgehead atoms. The summed E-state index contributed by atoms with van der Waals surface area (Å²) < 4.78 is 65.5. The quantitative estimate of drug-likeness (QED) is 0.113. The maximum Gasteiger partial charge on any atom is 0.490 e. The topological polar surface area (TPSA) is 233 Å². The summed E-state index contributed by atoms with van der Waals surface area (Å²) in [7, 11) is -4.03. The zero-order valence-electron chi connectivity index (χ0n) is 25.1. The van der Waals surface area contributed by atoms with Crippen LogP contribution in [0.3, 0.4) is 0 Å². The van der Waals surface area contributed by atoms with Crippen LogP contribution in [0.5, 0.6) is 0 Å².